The Kier molecular flexibility index (Phi) is 5.22. The lowest BCUT2D eigenvalue weighted by Crippen LogP contribution is -2.51. The van der Waals surface area contributed by atoms with Crippen LogP contribution in [0.2, 0.25) is 0 Å². The Morgan fingerprint density at radius 3 is 2.88 bits per heavy atom. The molecule has 1 saturated heterocycles. The zero-order valence-corrected chi connectivity index (χ0v) is 10.8. The topological polar surface area (TPSA) is 41.6 Å². The molecule has 3 unspecified atom stereocenters. The molecule has 1 heterocycles. The molecule has 94 valence electrons. The molecule has 1 rings (SSSR count). The molecule has 0 radical (unpaired) electrons. The van der Waals surface area contributed by atoms with Gasteiger partial charge < -0.3 is 15.0 Å². The molecule has 0 spiro atoms. The van der Waals surface area contributed by atoms with Crippen molar-refractivity contribution in [1.82, 2.24) is 10.2 Å². The van der Waals surface area contributed by atoms with Crippen molar-refractivity contribution in [3.05, 3.63) is 0 Å². The first-order chi connectivity index (χ1) is 7.56. The normalized spacial score (nSPS) is 27.5. The van der Waals surface area contributed by atoms with Crippen molar-refractivity contribution in [3.8, 4) is 0 Å². The van der Waals surface area contributed by atoms with Crippen LogP contribution in [0.1, 0.15) is 26.7 Å². The van der Waals surface area contributed by atoms with E-state index in [1.165, 1.54) is 6.42 Å². The maximum Gasteiger partial charge on any atom is 0.239 e. The number of hydrogen-bond acceptors (Lipinski definition) is 3. The first-order valence-electron chi connectivity index (χ1n) is 6.05. The number of carbonyl (C=O) groups excluding carboxylic acids is 1. The Morgan fingerprint density at radius 1 is 1.62 bits per heavy atom. The number of methoxy groups -OCH3 is 1. The van der Waals surface area contributed by atoms with E-state index in [1.807, 2.05) is 14.0 Å². The Balaban J connectivity index is 2.48. The predicted octanol–water partition coefficient (Wildman–Crippen LogP) is 0.868. The fraction of sp³-hybridized carbons (Fsp3) is 0.917. The van der Waals surface area contributed by atoms with E-state index in [1.54, 1.807) is 12.0 Å². The molecule has 16 heavy (non-hydrogen) atoms. The molecule has 0 aromatic rings. The summed E-state index contributed by atoms with van der Waals surface area (Å²) in [6.45, 7) is 5.75. The molecule has 1 aliphatic rings. The first kappa shape index (κ1) is 13.5. The summed E-state index contributed by atoms with van der Waals surface area (Å²) >= 11 is 0. The fourth-order valence-corrected chi connectivity index (χ4v) is 2.11. The summed E-state index contributed by atoms with van der Waals surface area (Å²) in [5.41, 5.74) is 0. The average molecular weight is 228 g/mol. The minimum atomic E-state index is -0.00643. The molecular formula is C12H24N2O2. The minimum absolute atomic E-state index is 0.00643. The SMILES string of the molecule is COCC(C)N(C)C(=O)C1CC(C)CCN1. The highest BCUT2D eigenvalue weighted by Crippen LogP contribution is 2.16. The van der Waals surface area contributed by atoms with Crippen molar-refractivity contribution < 1.29 is 9.53 Å². The number of rotatable bonds is 4. The highest BCUT2D eigenvalue weighted by Gasteiger charge is 2.28. The summed E-state index contributed by atoms with van der Waals surface area (Å²) in [7, 11) is 3.52. The predicted molar refractivity (Wildman–Crippen MR) is 64.3 cm³/mol. The number of piperidine rings is 1. The summed E-state index contributed by atoms with van der Waals surface area (Å²) in [5.74, 6) is 0.831. The maximum absolute atomic E-state index is 12.2. The number of nitrogens with zero attached hydrogens (tertiary/aromatic N) is 1. The summed E-state index contributed by atoms with van der Waals surface area (Å²) in [6.07, 6.45) is 2.12. The number of amides is 1. The van der Waals surface area contributed by atoms with Gasteiger partial charge in [-0.15, -0.1) is 0 Å². The molecule has 0 saturated carbocycles. The van der Waals surface area contributed by atoms with Crippen molar-refractivity contribution in [2.24, 2.45) is 5.92 Å². The number of hydrogen-bond donors (Lipinski definition) is 1. The van der Waals surface area contributed by atoms with Crippen LogP contribution in [0.25, 0.3) is 0 Å². The van der Waals surface area contributed by atoms with E-state index in [2.05, 4.69) is 12.2 Å². The Labute approximate surface area is 98.3 Å². The van der Waals surface area contributed by atoms with Gasteiger partial charge in [0.05, 0.1) is 18.7 Å². The van der Waals surface area contributed by atoms with Crippen LogP contribution in [0.4, 0.5) is 0 Å². The second kappa shape index (κ2) is 6.21. The minimum Gasteiger partial charge on any atom is -0.383 e. The third-order valence-electron chi connectivity index (χ3n) is 3.38. The lowest BCUT2D eigenvalue weighted by Gasteiger charge is -2.33. The molecule has 0 aromatic carbocycles. The number of ether oxygens (including phenoxy) is 1. The van der Waals surface area contributed by atoms with Crippen LogP contribution in [0, 0.1) is 5.92 Å². The number of carbonyl (C=O) groups is 1. The highest BCUT2D eigenvalue weighted by atomic mass is 16.5. The van der Waals surface area contributed by atoms with Gasteiger partial charge in [0.1, 0.15) is 0 Å². The van der Waals surface area contributed by atoms with Gasteiger partial charge >= 0.3 is 0 Å². The van der Waals surface area contributed by atoms with Gasteiger partial charge in [0, 0.05) is 14.2 Å². The van der Waals surface area contributed by atoms with Gasteiger partial charge in [0.25, 0.3) is 0 Å². The van der Waals surface area contributed by atoms with E-state index in [4.69, 9.17) is 4.74 Å². The van der Waals surface area contributed by atoms with Crippen molar-refractivity contribution in [3.63, 3.8) is 0 Å². The van der Waals surface area contributed by atoms with Crippen molar-refractivity contribution in [2.45, 2.75) is 38.8 Å². The highest BCUT2D eigenvalue weighted by molar-refractivity contribution is 5.82. The van der Waals surface area contributed by atoms with E-state index >= 15 is 0 Å². The van der Waals surface area contributed by atoms with Gasteiger partial charge in [-0.05, 0) is 32.2 Å². The lowest BCUT2D eigenvalue weighted by atomic mass is 9.93. The molecule has 1 aliphatic heterocycles. The zero-order chi connectivity index (χ0) is 12.1. The van der Waals surface area contributed by atoms with Gasteiger partial charge in [-0.1, -0.05) is 6.92 Å². The van der Waals surface area contributed by atoms with Gasteiger partial charge in [0.15, 0.2) is 0 Å². The second-order valence-electron chi connectivity index (χ2n) is 4.89. The van der Waals surface area contributed by atoms with E-state index in [9.17, 15) is 4.79 Å². The fourth-order valence-electron chi connectivity index (χ4n) is 2.11. The summed E-state index contributed by atoms with van der Waals surface area (Å²) in [6, 6.07) is 0.129. The molecule has 1 fully saturated rings. The Hall–Kier alpha value is -0.610. The molecule has 0 aliphatic carbocycles. The molecule has 1 amide bonds. The quantitative estimate of drug-likeness (QED) is 0.776. The first-order valence-corrected chi connectivity index (χ1v) is 6.05. The second-order valence-corrected chi connectivity index (χ2v) is 4.89. The third kappa shape index (κ3) is 3.46. The van der Waals surface area contributed by atoms with E-state index in [0.717, 1.165) is 13.0 Å². The van der Waals surface area contributed by atoms with Crippen LogP contribution < -0.4 is 5.32 Å². The molecule has 0 bridgehead atoms. The van der Waals surface area contributed by atoms with Gasteiger partial charge in [-0.3, -0.25) is 4.79 Å². The molecule has 4 nitrogen and oxygen atoms in total. The summed E-state index contributed by atoms with van der Waals surface area (Å²) < 4.78 is 5.07. The van der Waals surface area contributed by atoms with E-state index < -0.39 is 0 Å². The van der Waals surface area contributed by atoms with E-state index in [0.29, 0.717) is 12.5 Å². The maximum atomic E-state index is 12.2. The van der Waals surface area contributed by atoms with Crippen LogP contribution in [0.3, 0.4) is 0 Å². The van der Waals surface area contributed by atoms with E-state index in [-0.39, 0.29) is 18.0 Å². The Morgan fingerprint density at radius 2 is 2.31 bits per heavy atom. The average Bonchev–Trinajstić information content (AvgIpc) is 2.27. The van der Waals surface area contributed by atoms with Crippen LogP contribution in [-0.4, -0.2) is 50.2 Å². The monoisotopic (exact) mass is 228 g/mol. The van der Waals surface area contributed by atoms with Gasteiger partial charge in [-0.25, -0.2) is 0 Å². The molecule has 3 atom stereocenters. The van der Waals surface area contributed by atoms with Crippen LogP contribution >= 0.6 is 0 Å². The van der Waals surface area contributed by atoms with Crippen LogP contribution in [-0.2, 0) is 9.53 Å². The third-order valence-corrected chi connectivity index (χ3v) is 3.38. The van der Waals surface area contributed by atoms with Crippen LogP contribution in [0.15, 0.2) is 0 Å². The largest absolute Gasteiger partial charge is 0.383 e. The van der Waals surface area contributed by atoms with Crippen LogP contribution in [0.5, 0.6) is 0 Å². The van der Waals surface area contributed by atoms with Gasteiger partial charge in [-0.2, -0.15) is 0 Å². The lowest BCUT2D eigenvalue weighted by molar-refractivity contribution is -0.135. The van der Waals surface area contributed by atoms with Gasteiger partial charge in [0.2, 0.25) is 5.91 Å². The number of nitrogens with one attached hydrogen (secondary N) is 1. The molecule has 4 heteroatoms. The Bertz CT molecular complexity index is 233. The molecule has 0 aromatic heterocycles. The summed E-state index contributed by atoms with van der Waals surface area (Å²) in [4.78, 5) is 14.0. The zero-order valence-electron chi connectivity index (χ0n) is 10.8. The standard InChI is InChI=1S/C12H24N2O2/c1-9-5-6-13-11(7-9)12(15)14(3)10(2)8-16-4/h9-11,13H,5-8H2,1-4H3. The molecule has 1 N–H and O–H groups in total. The van der Waals surface area contributed by atoms with Crippen molar-refractivity contribution >= 4 is 5.91 Å². The smallest absolute Gasteiger partial charge is 0.239 e. The summed E-state index contributed by atoms with van der Waals surface area (Å²) in [5, 5.41) is 3.30. The van der Waals surface area contributed by atoms with Crippen molar-refractivity contribution in [1.29, 1.82) is 0 Å². The molecular weight excluding hydrogens is 204 g/mol. The van der Waals surface area contributed by atoms with Crippen molar-refractivity contribution in [2.75, 3.05) is 27.3 Å². The number of likely N-dealkylation sites (N-methyl/N-ethyl adjacent to an activating group) is 1.